The van der Waals surface area contributed by atoms with Gasteiger partial charge in [0, 0.05) is 23.6 Å². The predicted molar refractivity (Wildman–Crippen MR) is 79.0 cm³/mol. The molecule has 1 aromatic rings. The van der Waals surface area contributed by atoms with E-state index in [4.69, 9.17) is 10.5 Å². The van der Waals surface area contributed by atoms with Crippen molar-refractivity contribution in [3.8, 4) is 0 Å². The van der Waals surface area contributed by atoms with Crippen LogP contribution < -0.4 is 10.6 Å². The summed E-state index contributed by atoms with van der Waals surface area (Å²) >= 11 is 3.65. The van der Waals surface area contributed by atoms with Gasteiger partial charge in [-0.2, -0.15) is 0 Å². The van der Waals surface area contributed by atoms with Crippen LogP contribution in [-0.2, 0) is 4.74 Å². The topological polar surface area (TPSA) is 38.5 Å². The Balaban J connectivity index is 2.23. The SMILES string of the molecule is C[C@H](N)c1ccc(N2CCOC(C)(C)C2)c(Br)c1. The van der Waals surface area contributed by atoms with Gasteiger partial charge >= 0.3 is 0 Å². The number of anilines is 1. The van der Waals surface area contributed by atoms with Crippen LogP contribution in [0.25, 0.3) is 0 Å². The van der Waals surface area contributed by atoms with Crippen LogP contribution in [-0.4, -0.2) is 25.3 Å². The van der Waals surface area contributed by atoms with Gasteiger partial charge in [0.1, 0.15) is 0 Å². The lowest BCUT2D eigenvalue weighted by Gasteiger charge is -2.40. The van der Waals surface area contributed by atoms with Gasteiger partial charge in [-0.1, -0.05) is 6.07 Å². The van der Waals surface area contributed by atoms with Crippen molar-refractivity contribution in [3.63, 3.8) is 0 Å². The largest absolute Gasteiger partial charge is 0.372 e. The molecule has 2 rings (SSSR count). The van der Waals surface area contributed by atoms with Gasteiger partial charge in [0.05, 0.1) is 17.9 Å². The fraction of sp³-hybridized carbons (Fsp3) is 0.571. The first-order valence-electron chi connectivity index (χ1n) is 6.33. The highest BCUT2D eigenvalue weighted by atomic mass is 79.9. The van der Waals surface area contributed by atoms with Gasteiger partial charge in [0.2, 0.25) is 0 Å². The third kappa shape index (κ3) is 3.05. The second kappa shape index (κ2) is 5.19. The molecular weight excluding hydrogens is 292 g/mol. The van der Waals surface area contributed by atoms with E-state index in [9.17, 15) is 0 Å². The molecular formula is C14H21BrN2O. The van der Waals surface area contributed by atoms with Crippen molar-refractivity contribution in [2.45, 2.75) is 32.4 Å². The molecule has 0 radical (unpaired) electrons. The van der Waals surface area contributed by atoms with Crippen molar-refractivity contribution in [1.82, 2.24) is 0 Å². The van der Waals surface area contributed by atoms with Gasteiger partial charge in [-0.05, 0) is 54.4 Å². The Kier molecular flexibility index (Phi) is 3.99. The molecule has 18 heavy (non-hydrogen) atoms. The van der Waals surface area contributed by atoms with Gasteiger partial charge < -0.3 is 15.4 Å². The zero-order chi connectivity index (χ0) is 13.3. The summed E-state index contributed by atoms with van der Waals surface area (Å²) in [6, 6.07) is 6.43. The maximum atomic E-state index is 5.90. The summed E-state index contributed by atoms with van der Waals surface area (Å²) in [5, 5.41) is 0. The lowest BCUT2D eigenvalue weighted by Crippen LogP contribution is -2.48. The van der Waals surface area contributed by atoms with Crippen LogP contribution in [0.2, 0.25) is 0 Å². The van der Waals surface area contributed by atoms with Crippen LogP contribution in [0.4, 0.5) is 5.69 Å². The normalized spacial score (nSPS) is 20.8. The van der Waals surface area contributed by atoms with Gasteiger partial charge in [-0.3, -0.25) is 0 Å². The summed E-state index contributed by atoms with van der Waals surface area (Å²) in [7, 11) is 0. The third-order valence-electron chi connectivity index (χ3n) is 3.26. The zero-order valence-corrected chi connectivity index (χ0v) is 12.8. The summed E-state index contributed by atoms with van der Waals surface area (Å²) in [5.41, 5.74) is 8.18. The molecule has 0 unspecified atom stereocenters. The average molecular weight is 313 g/mol. The molecule has 0 aromatic heterocycles. The number of hydrogen-bond acceptors (Lipinski definition) is 3. The van der Waals surface area contributed by atoms with Crippen LogP contribution in [0, 0.1) is 0 Å². The Hall–Kier alpha value is -0.580. The van der Waals surface area contributed by atoms with E-state index in [2.05, 4.69) is 52.9 Å². The lowest BCUT2D eigenvalue weighted by molar-refractivity contribution is -0.0277. The first-order valence-corrected chi connectivity index (χ1v) is 7.12. The van der Waals surface area contributed by atoms with E-state index in [1.807, 2.05) is 6.92 Å². The molecule has 1 aromatic carbocycles. The number of nitrogens with two attached hydrogens (primary N) is 1. The molecule has 1 atom stereocenters. The highest BCUT2D eigenvalue weighted by molar-refractivity contribution is 9.10. The van der Waals surface area contributed by atoms with E-state index >= 15 is 0 Å². The van der Waals surface area contributed by atoms with Crippen molar-refractivity contribution in [2.24, 2.45) is 5.73 Å². The molecule has 4 heteroatoms. The van der Waals surface area contributed by atoms with Crippen molar-refractivity contribution in [2.75, 3.05) is 24.6 Å². The number of halogens is 1. The Morgan fingerprint density at radius 1 is 1.44 bits per heavy atom. The summed E-state index contributed by atoms with van der Waals surface area (Å²) in [6.07, 6.45) is 0. The average Bonchev–Trinajstić information content (AvgIpc) is 2.27. The Labute approximate surface area is 117 Å². The Morgan fingerprint density at radius 2 is 2.17 bits per heavy atom. The second-order valence-corrected chi connectivity index (χ2v) is 6.38. The van der Waals surface area contributed by atoms with Crippen LogP contribution >= 0.6 is 15.9 Å². The van der Waals surface area contributed by atoms with Crippen molar-refractivity contribution >= 4 is 21.6 Å². The number of rotatable bonds is 2. The first kappa shape index (κ1) is 13.8. The molecule has 1 aliphatic rings. The molecule has 1 aliphatic heterocycles. The Bertz CT molecular complexity index is 432. The molecule has 0 saturated carbocycles. The molecule has 3 nitrogen and oxygen atoms in total. The molecule has 100 valence electrons. The second-order valence-electron chi connectivity index (χ2n) is 5.53. The molecule has 0 bridgehead atoms. The third-order valence-corrected chi connectivity index (χ3v) is 3.90. The van der Waals surface area contributed by atoms with Crippen LogP contribution in [0.1, 0.15) is 32.4 Å². The van der Waals surface area contributed by atoms with E-state index in [0.29, 0.717) is 0 Å². The van der Waals surface area contributed by atoms with Crippen molar-refractivity contribution in [3.05, 3.63) is 28.2 Å². The number of nitrogens with zero attached hydrogens (tertiary/aromatic N) is 1. The molecule has 1 saturated heterocycles. The summed E-state index contributed by atoms with van der Waals surface area (Å²) < 4.78 is 6.85. The van der Waals surface area contributed by atoms with E-state index in [-0.39, 0.29) is 11.6 Å². The number of ether oxygens (including phenoxy) is 1. The molecule has 1 heterocycles. The number of benzene rings is 1. The van der Waals surface area contributed by atoms with Gasteiger partial charge in [0.15, 0.2) is 0 Å². The number of hydrogen-bond donors (Lipinski definition) is 1. The smallest absolute Gasteiger partial charge is 0.0801 e. The van der Waals surface area contributed by atoms with Crippen molar-refractivity contribution in [1.29, 1.82) is 0 Å². The summed E-state index contributed by atoms with van der Waals surface area (Å²) in [6.45, 7) is 8.86. The zero-order valence-electron chi connectivity index (χ0n) is 11.2. The van der Waals surface area contributed by atoms with Crippen LogP contribution in [0.5, 0.6) is 0 Å². The highest BCUT2D eigenvalue weighted by Crippen LogP contribution is 2.31. The minimum atomic E-state index is -0.0858. The van der Waals surface area contributed by atoms with Crippen molar-refractivity contribution < 1.29 is 4.74 Å². The van der Waals surface area contributed by atoms with E-state index in [1.54, 1.807) is 0 Å². The monoisotopic (exact) mass is 312 g/mol. The van der Waals surface area contributed by atoms with Crippen LogP contribution in [0.15, 0.2) is 22.7 Å². The minimum absolute atomic E-state index is 0.0662. The summed E-state index contributed by atoms with van der Waals surface area (Å²) in [4.78, 5) is 2.36. The molecule has 0 aliphatic carbocycles. The number of morpholine rings is 1. The standard InChI is InChI=1S/C14H21BrN2O/c1-10(16)11-4-5-13(12(15)8-11)17-6-7-18-14(2,3)9-17/h4-5,8,10H,6-7,9,16H2,1-3H3/t10-/m0/s1. The maximum Gasteiger partial charge on any atom is 0.0801 e. The molecule has 2 N–H and O–H groups in total. The Morgan fingerprint density at radius 3 is 2.72 bits per heavy atom. The molecule has 0 spiro atoms. The maximum absolute atomic E-state index is 5.90. The highest BCUT2D eigenvalue weighted by Gasteiger charge is 2.28. The van der Waals surface area contributed by atoms with Gasteiger partial charge in [-0.15, -0.1) is 0 Å². The van der Waals surface area contributed by atoms with Gasteiger partial charge in [-0.25, -0.2) is 0 Å². The van der Waals surface area contributed by atoms with E-state index < -0.39 is 0 Å². The van der Waals surface area contributed by atoms with E-state index in [0.717, 1.165) is 29.7 Å². The fourth-order valence-corrected chi connectivity index (χ4v) is 2.93. The lowest BCUT2D eigenvalue weighted by atomic mass is 10.1. The fourth-order valence-electron chi connectivity index (χ4n) is 2.28. The van der Waals surface area contributed by atoms with Gasteiger partial charge in [0.25, 0.3) is 0 Å². The predicted octanol–water partition coefficient (Wildman–Crippen LogP) is 3.08. The van der Waals surface area contributed by atoms with E-state index in [1.165, 1.54) is 5.69 Å². The molecule has 0 amide bonds. The first-order chi connectivity index (χ1) is 8.39. The minimum Gasteiger partial charge on any atom is -0.372 e. The van der Waals surface area contributed by atoms with Crippen LogP contribution in [0.3, 0.4) is 0 Å². The summed E-state index contributed by atoms with van der Waals surface area (Å²) in [5.74, 6) is 0. The molecule has 1 fully saturated rings. The quantitative estimate of drug-likeness (QED) is 0.912.